The molecule has 1 saturated heterocycles. The van der Waals surface area contributed by atoms with E-state index < -0.39 is 12.1 Å². The number of hydrogen-bond acceptors (Lipinski definition) is 8. The van der Waals surface area contributed by atoms with Crippen molar-refractivity contribution in [1.29, 1.82) is 0 Å². The van der Waals surface area contributed by atoms with Gasteiger partial charge in [0, 0.05) is 55.6 Å². The van der Waals surface area contributed by atoms with E-state index >= 15 is 0 Å². The zero-order chi connectivity index (χ0) is 32.5. The number of nitrogens with one attached hydrogen (secondary N) is 2. The molecule has 0 bridgehead atoms. The van der Waals surface area contributed by atoms with Crippen LogP contribution in [0.1, 0.15) is 67.1 Å². The van der Waals surface area contributed by atoms with E-state index in [2.05, 4.69) is 37.4 Å². The third kappa shape index (κ3) is 6.96. The van der Waals surface area contributed by atoms with Crippen LogP contribution in [0.3, 0.4) is 0 Å². The molecule has 3 heterocycles. The zero-order valence-electron chi connectivity index (χ0n) is 26.5. The summed E-state index contributed by atoms with van der Waals surface area (Å²) in [4.78, 5) is 41.9. The van der Waals surface area contributed by atoms with Crippen LogP contribution in [0.5, 0.6) is 0 Å². The maximum Gasteiger partial charge on any atom is 0.255 e. The fourth-order valence-electron chi connectivity index (χ4n) is 6.48. The summed E-state index contributed by atoms with van der Waals surface area (Å²) in [6, 6.07) is 9.40. The van der Waals surface area contributed by atoms with Crippen LogP contribution >= 0.6 is 11.6 Å². The first-order valence-electron chi connectivity index (χ1n) is 16.0. The summed E-state index contributed by atoms with van der Waals surface area (Å²) < 4.78 is 14.7. The van der Waals surface area contributed by atoms with Gasteiger partial charge in [0.2, 0.25) is 11.9 Å². The van der Waals surface area contributed by atoms with Gasteiger partial charge in [-0.15, -0.1) is 0 Å². The summed E-state index contributed by atoms with van der Waals surface area (Å²) in [5.41, 5.74) is 3.97. The molecule has 2 aromatic carbocycles. The lowest BCUT2D eigenvalue weighted by molar-refractivity contribution is -0.125. The Kier molecular flexibility index (Phi) is 9.44. The molecule has 3 aromatic rings. The Hall–Kier alpha value is -3.80. The minimum atomic E-state index is -0.746. The number of hydrogen-bond donors (Lipinski definition) is 3. The molecule has 2 amide bonds. The second-order valence-electron chi connectivity index (χ2n) is 12.8. The zero-order valence-corrected chi connectivity index (χ0v) is 27.2. The van der Waals surface area contributed by atoms with Gasteiger partial charge in [0.05, 0.1) is 29.1 Å². The van der Waals surface area contributed by atoms with Crippen molar-refractivity contribution in [2.24, 2.45) is 0 Å². The maximum atomic E-state index is 14.7. The number of aliphatic hydroxyl groups is 1. The molecule has 0 spiro atoms. The molecule has 244 valence electrons. The Labute approximate surface area is 274 Å². The van der Waals surface area contributed by atoms with Crippen molar-refractivity contribution in [2.45, 2.75) is 70.3 Å². The Balaban J connectivity index is 1.12. The van der Waals surface area contributed by atoms with Gasteiger partial charge in [-0.2, -0.15) is 0 Å². The molecule has 6 rings (SSSR count). The number of anilines is 2. The largest absolute Gasteiger partial charge is 0.393 e. The Bertz CT molecular complexity index is 1610. The van der Waals surface area contributed by atoms with Crippen molar-refractivity contribution in [3.05, 3.63) is 70.1 Å². The summed E-state index contributed by atoms with van der Waals surface area (Å²) >= 11 is 6.51. The standard InChI is InChI=1S/C34H41ClFN7O3/c1-20(24-14-25(36)17-27(15-24)42-12-10-41(3)11-13-42)38-32(45)21(2)43-19-23-5-4-22(16-29(23)33(43)46)31-30(35)18-37-34(40-31)39-26-6-8-28(44)9-7-26/h4-5,14-18,20-21,26,28,44H,6-13,19H2,1-3H3,(H,38,45)(H,37,39,40)/t20-,21-,26?,28?/m1/s1. The summed E-state index contributed by atoms with van der Waals surface area (Å²) in [5, 5.41) is 16.5. The third-order valence-electron chi connectivity index (χ3n) is 9.47. The minimum Gasteiger partial charge on any atom is -0.393 e. The first kappa shape index (κ1) is 32.2. The number of nitrogens with zero attached hydrogens (tertiary/aromatic N) is 5. The number of fused-ring (bicyclic) bond motifs is 1. The van der Waals surface area contributed by atoms with E-state index in [4.69, 9.17) is 11.6 Å². The van der Waals surface area contributed by atoms with E-state index in [0.29, 0.717) is 39.9 Å². The van der Waals surface area contributed by atoms with Crippen molar-refractivity contribution in [1.82, 2.24) is 25.1 Å². The lowest BCUT2D eigenvalue weighted by Crippen LogP contribution is -2.46. The van der Waals surface area contributed by atoms with Crippen molar-refractivity contribution in [3.63, 3.8) is 0 Å². The number of likely N-dealkylation sites (N-methyl/N-ethyl adjacent to an activating group) is 1. The Morgan fingerprint density at radius 2 is 1.80 bits per heavy atom. The Morgan fingerprint density at radius 3 is 2.54 bits per heavy atom. The van der Waals surface area contributed by atoms with Crippen LogP contribution in [0.15, 0.2) is 42.6 Å². The minimum absolute atomic E-state index is 0.169. The molecule has 1 saturated carbocycles. The summed E-state index contributed by atoms with van der Waals surface area (Å²) in [7, 11) is 2.07. The third-order valence-corrected chi connectivity index (χ3v) is 9.74. The second-order valence-corrected chi connectivity index (χ2v) is 13.2. The van der Waals surface area contributed by atoms with Crippen LogP contribution in [-0.2, 0) is 11.3 Å². The molecule has 0 unspecified atom stereocenters. The summed E-state index contributed by atoms with van der Waals surface area (Å²) in [6.07, 6.45) is 4.42. The van der Waals surface area contributed by atoms with E-state index in [0.717, 1.165) is 63.1 Å². The van der Waals surface area contributed by atoms with Crippen molar-refractivity contribution in [3.8, 4) is 11.3 Å². The lowest BCUT2D eigenvalue weighted by Gasteiger charge is -2.34. The molecule has 10 nitrogen and oxygen atoms in total. The van der Waals surface area contributed by atoms with E-state index in [1.807, 2.05) is 25.1 Å². The van der Waals surface area contributed by atoms with Crippen LogP contribution < -0.4 is 15.5 Å². The number of carbonyl (C=O) groups is 2. The summed E-state index contributed by atoms with van der Waals surface area (Å²) in [5.74, 6) is -0.465. The predicted octanol–water partition coefficient (Wildman–Crippen LogP) is 4.63. The number of carbonyl (C=O) groups excluding carboxylic acids is 2. The molecular weight excluding hydrogens is 609 g/mol. The number of halogens is 2. The average molecular weight is 650 g/mol. The van der Waals surface area contributed by atoms with Crippen LogP contribution in [0.4, 0.5) is 16.0 Å². The van der Waals surface area contributed by atoms with Gasteiger partial charge < -0.3 is 30.4 Å². The second kappa shape index (κ2) is 13.5. The van der Waals surface area contributed by atoms with Crippen molar-refractivity contribution >= 4 is 35.1 Å². The van der Waals surface area contributed by atoms with Crippen LogP contribution in [0.25, 0.3) is 11.3 Å². The molecule has 2 atom stereocenters. The smallest absolute Gasteiger partial charge is 0.255 e. The van der Waals surface area contributed by atoms with Gasteiger partial charge in [0.1, 0.15) is 11.9 Å². The van der Waals surface area contributed by atoms with Gasteiger partial charge in [0.15, 0.2) is 0 Å². The van der Waals surface area contributed by atoms with Gasteiger partial charge in [-0.1, -0.05) is 23.7 Å². The number of piperazine rings is 1. The topological polar surface area (TPSA) is 114 Å². The van der Waals surface area contributed by atoms with E-state index in [1.54, 1.807) is 24.1 Å². The summed E-state index contributed by atoms with van der Waals surface area (Å²) in [6.45, 7) is 7.25. The van der Waals surface area contributed by atoms with Crippen molar-refractivity contribution < 1.29 is 19.1 Å². The van der Waals surface area contributed by atoms with Gasteiger partial charge in [0.25, 0.3) is 5.91 Å². The fraction of sp³-hybridized carbons (Fsp3) is 0.471. The number of benzene rings is 2. The molecule has 3 N–H and O–H groups in total. The molecule has 46 heavy (non-hydrogen) atoms. The van der Waals surface area contributed by atoms with Gasteiger partial charge in [-0.25, -0.2) is 14.4 Å². The molecule has 1 aromatic heterocycles. The molecule has 1 aliphatic carbocycles. The molecule has 2 fully saturated rings. The molecular formula is C34H41ClFN7O3. The first-order valence-corrected chi connectivity index (χ1v) is 16.4. The van der Waals surface area contributed by atoms with Crippen LogP contribution in [0, 0.1) is 5.82 Å². The monoisotopic (exact) mass is 649 g/mol. The molecule has 0 radical (unpaired) electrons. The number of amides is 2. The quantitative estimate of drug-likeness (QED) is 0.324. The number of aliphatic hydroxyl groups excluding tert-OH is 1. The molecule has 3 aliphatic rings. The van der Waals surface area contributed by atoms with Crippen molar-refractivity contribution in [2.75, 3.05) is 43.4 Å². The number of rotatable bonds is 8. The normalized spacial score (nSPS) is 21.6. The van der Waals surface area contributed by atoms with Gasteiger partial charge >= 0.3 is 0 Å². The van der Waals surface area contributed by atoms with Gasteiger partial charge in [-0.05, 0) is 82.0 Å². The molecule has 12 heteroatoms. The predicted molar refractivity (Wildman–Crippen MR) is 176 cm³/mol. The van der Waals surface area contributed by atoms with Gasteiger partial charge in [-0.3, -0.25) is 9.59 Å². The first-order chi connectivity index (χ1) is 22.0. The highest BCUT2D eigenvalue weighted by atomic mass is 35.5. The fourth-order valence-corrected chi connectivity index (χ4v) is 6.68. The highest BCUT2D eigenvalue weighted by Crippen LogP contribution is 2.33. The van der Waals surface area contributed by atoms with Crippen LogP contribution in [-0.4, -0.2) is 88.1 Å². The highest BCUT2D eigenvalue weighted by Gasteiger charge is 2.35. The van der Waals surface area contributed by atoms with E-state index in [9.17, 15) is 19.1 Å². The van der Waals surface area contributed by atoms with Crippen LogP contribution in [0.2, 0.25) is 5.02 Å². The number of aromatic nitrogens is 2. The highest BCUT2D eigenvalue weighted by molar-refractivity contribution is 6.33. The van der Waals surface area contributed by atoms with E-state index in [-0.39, 0.29) is 29.8 Å². The Morgan fingerprint density at radius 1 is 1.07 bits per heavy atom. The van der Waals surface area contributed by atoms with E-state index in [1.165, 1.54) is 12.1 Å². The average Bonchev–Trinajstić information content (AvgIpc) is 3.38. The maximum absolute atomic E-state index is 14.7. The SMILES string of the molecule is C[C@H](C(=O)N[C@H](C)c1cc(F)cc(N2CCN(C)CC2)c1)N1Cc2ccc(-c3nc(NC4CCC(O)CC4)ncc3Cl)cc2C1=O. The molecule has 2 aliphatic heterocycles. The lowest BCUT2D eigenvalue weighted by atomic mass is 9.93.